The molecule has 22 nitrogen and oxygen atoms in total. The van der Waals surface area contributed by atoms with Gasteiger partial charge in [-0.15, -0.1) is 0 Å². The highest BCUT2D eigenvalue weighted by Gasteiger charge is 2.35. The first kappa shape index (κ1) is 56.6. The van der Waals surface area contributed by atoms with E-state index >= 15 is 0 Å². The summed E-state index contributed by atoms with van der Waals surface area (Å²) in [6, 6.07) is 18.7. The molecule has 0 aliphatic carbocycles. The zero-order valence-corrected chi connectivity index (χ0v) is 42.3. The fourth-order valence-electron chi connectivity index (χ4n) is 9.14. The second kappa shape index (κ2) is 28.1. The number of imidazole rings is 1. The third kappa shape index (κ3) is 17.5. The fraction of sp³-hybridized carbons (Fsp3) is 0.389. The number of hydrogen-bond acceptors (Lipinski definition) is 11. The number of rotatable bonds is 18. The summed E-state index contributed by atoms with van der Waals surface area (Å²) in [5.41, 5.74) is 20.4. The maximum absolute atomic E-state index is 14.8. The summed E-state index contributed by atoms with van der Waals surface area (Å²) in [5, 5.41) is 17.2. The summed E-state index contributed by atoms with van der Waals surface area (Å²) in [4.78, 5) is 140. The summed E-state index contributed by atoms with van der Waals surface area (Å²) in [6.07, 6.45) is 3.24. The first-order valence-electron chi connectivity index (χ1n) is 25.3. The Hall–Kier alpha value is -8.69. The molecule has 3 aromatic carbocycles. The van der Waals surface area contributed by atoms with Crippen LogP contribution in [0.1, 0.15) is 74.3 Å². The zero-order valence-electron chi connectivity index (χ0n) is 42.3. The van der Waals surface area contributed by atoms with Crippen molar-refractivity contribution in [2.75, 3.05) is 13.1 Å². The minimum Gasteiger partial charge on any atom is -0.370 e. The van der Waals surface area contributed by atoms with Crippen molar-refractivity contribution in [2.45, 2.75) is 108 Å². The number of nitrogens with zero attached hydrogens (tertiary/aromatic N) is 2. The Bertz CT molecular complexity index is 2830. The first-order chi connectivity index (χ1) is 36.5. The Kier molecular flexibility index (Phi) is 20.9. The highest BCUT2D eigenvalue weighted by molar-refractivity contribution is 5.98. The lowest BCUT2D eigenvalue weighted by molar-refractivity contribution is -0.135. The monoisotopic (exact) mass is 1040 g/mol. The quantitative estimate of drug-likeness (QED) is 0.0327. The van der Waals surface area contributed by atoms with Crippen molar-refractivity contribution in [1.29, 1.82) is 0 Å². The van der Waals surface area contributed by atoms with Gasteiger partial charge < -0.3 is 59.1 Å². The van der Waals surface area contributed by atoms with Crippen LogP contribution < -0.4 is 49.1 Å². The van der Waals surface area contributed by atoms with Crippen LogP contribution in [0.15, 0.2) is 109 Å². The van der Waals surface area contributed by atoms with E-state index in [1.807, 2.05) is 24.3 Å². The van der Waals surface area contributed by atoms with Crippen molar-refractivity contribution in [3.05, 3.63) is 126 Å². The fourth-order valence-corrected chi connectivity index (χ4v) is 9.14. The Balaban J connectivity index is 1.35. The molecule has 1 aliphatic heterocycles. The number of ketones is 2. The number of aromatic amines is 2. The number of carbonyl (C=O) groups is 9. The second-order valence-electron chi connectivity index (χ2n) is 19.0. The van der Waals surface area contributed by atoms with E-state index in [1.165, 1.54) is 19.4 Å². The van der Waals surface area contributed by atoms with E-state index < -0.39 is 108 Å². The van der Waals surface area contributed by atoms with Gasteiger partial charge in [-0.2, -0.15) is 0 Å². The van der Waals surface area contributed by atoms with Gasteiger partial charge in [0.25, 0.3) is 0 Å². The number of H-pyrrole nitrogens is 2. The molecule has 1 saturated heterocycles. The van der Waals surface area contributed by atoms with Crippen molar-refractivity contribution in [3.8, 4) is 0 Å². The standard InChI is InChI=1S/C54H67N13O9/c1-32(68)63-44(24-34-13-6-3-7-14-34)52(75)64-41-18-19-48(71)59-22-20-36(50(73)66-43(49(55)72)25-37-29-61-40-17-9-8-16-39(37)40)27-46(69)35(15-10-21-60-54(56)57)26-47(70)42(23-33-11-4-2-5-12-33)65-53(76)45(67-51(41)74)28-38-30-58-31-62-38/h2-9,11-14,16-17,29-31,35-36,41-45,61H,10,15,18-28H2,1H3,(H2,55,72)(H,58,62)(H,59,71)(H,63,68)(H,64,75)(H,65,76)(H,66,73)(H,67,74)(H4,56,57,60)/t35-,36-,41+,42-,43+,44+,45+/m1/s1. The van der Waals surface area contributed by atoms with Gasteiger partial charge in [0.2, 0.25) is 41.4 Å². The number of aliphatic imine (C=N–C) groups is 1. The van der Waals surface area contributed by atoms with E-state index in [4.69, 9.17) is 17.2 Å². The van der Waals surface area contributed by atoms with E-state index in [0.717, 1.165) is 10.9 Å². The molecular weight excluding hydrogens is 975 g/mol. The highest BCUT2D eigenvalue weighted by Crippen LogP contribution is 2.24. The molecule has 0 unspecified atom stereocenters. The number of para-hydroxylation sites is 1. The molecule has 22 heteroatoms. The molecule has 7 atom stereocenters. The topological polar surface area (TPSA) is 361 Å². The SMILES string of the molecule is CC(=O)N[C@@H](Cc1ccccc1)C(=O)N[C@H]1CCC(=O)NCC[C@@H](C(=O)N[C@@H](Cc2c[nH]c3ccccc23)C(N)=O)CC(=O)[C@H](CCCN=C(N)N)CC(=O)[C@@H](Cc2ccccc2)NC(=O)[C@H](Cc2cnc[nH]2)NC1=O. The van der Waals surface area contributed by atoms with Crippen molar-refractivity contribution >= 4 is 69.8 Å². The highest BCUT2D eigenvalue weighted by atomic mass is 16.2. The van der Waals surface area contributed by atoms with Crippen LogP contribution in [-0.4, -0.2) is 117 Å². The molecule has 1 aliphatic rings. The first-order valence-corrected chi connectivity index (χ1v) is 25.3. The summed E-state index contributed by atoms with van der Waals surface area (Å²) >= 11 is 0. The van der Waals surface area contributed by atoms with Gasteiger partial charge in [-0.3, -0.25) is 48.1 Å². The Morgan fingerprint density at radius 3 is 2.13 bits per heavy atom. The lowest BCUT2D eigenvalue weighted by atomic mass is 9.84. The molecule has 3 heterocycles. The molecular formula is C54H67N13O9. The Morgan fingerprint density at radius 1 is 0.750 bits per heavy atom. The van der Waals surface area contributed by atoms with Gasteiger partial charge in [-0.25, -0.2) is 4.98 Å². The maximum Gasteiger partial charge on any atom is 0.243 e. The molecule has 7 amide bonds. The molecule has 6 rings (SSSR count). The number of hydrogen-bond donors (Lipinski definition) is 11. The smallest absolute Gasteiger partial charge is 0.243 e. The molecule has 0 spiro atoms. The maximum atomic E-state index is 14.8. The average molecular weight is 1040 g/mol. The van der Waals surface area contributed by atoms with E-state index in [-0.39, 0.29) is 76.8 Å². The van der Waals surface area contributed by atoms with Crippen molar-refractivity contribution in [3.63, 3.8) is 0 Å². The third-order valence-electron chi connectivity index (χ3n) is 13.2. The number of carbonyl (C=O) groups excluding carboxylic acids is 9. The molecule has 76 heavy (non-hydrogen) atoms. The largest absolute Gasteiger partial charge is 0.370 e. The Morgan fingerprint density at radius 2 is 1.45 bits per heavy atom. The van der Waals surface area contributed by atoms with E-state index in [9.17, 15) is 43.2 Å². The van der Waals surface area contributed by atoms with Gasteiger partial charge >= 0.3 is 0 Å². The number of Topliss-reactive ketones (excluding diaryl/α,β-unsaturated/α-hetero) is 2. The summed E-state index contributed by atoms with van der Waals surface area (Å²) < 4.78 is 0. The van der Waals surface area contributed by atoms with Crippen LogP contribution in [0.3, 0.4) is 0 Å². The average Bonchev–Trinajstić information content (AvgIpc) is 4.07. The number of benzene rings is 3. The summed E-state index contributed by atoms with van der Waals surface area (Å²) in [7, 11) is 0. The van der Waals surface area contributed by atoms with E-state index in [2.05, 4.69) is 51.8 Å². The number of aromatic nitrogens is 3. The molecule has 0 radical (unpaired) electrons. The lowest BCUT2D eigenvalue weighted by Gasteiger charge is -2.27. The van der Waals surface area contributed by atoms with Gasteiger partial charge in [0.05, 0.1) is 12.4 Å². The minimum absolute atomic E-state index is 0.0145. The molecule has 14 N–H and O–H groups in total. The number of amides is 7. The number of guanidine groups is 1. The molecule has 2 aromatic heterocycles. The third-order valence-corrected chi connectivity index (χ3v) is 13.2. The van der Waals surface area contributed by atoms with E-state index in [1.54, 1.807) is 66.9 Å². The predicted octanol–water partition coefficient (Wildman–Crippen LogP) is 0.595. The van der Waals surface area contributed by atoms with Crippen molar-refractivity contribution in [2.24, 2.45) is 34.0 Å². The van der Waals surface area contributed by atoms with Crippen molar-refractivity contribution in [1.82, 2.24) is 46.9 Å². The predicted molar refractivity (Wildman–Crippen MR) is 282 cm³/mol. The second-order valence-corrected chi connectivity index (χ2v) is 19.0. The molecule has 0 bridgehead atoms. The van der Waals surface area contributed by atoms with Crippen LogP contribution in [0, 0.1) is 11.8 Å². The van der Waals surface area contributed by atoms with Crippen LogP contribution in [0.25, 0.3) is 10.9 Å². The summed E-state index contributed by atoms with van der Waals surface area (Å²) in [5.74, 6) is -8.39. The number of nitrogens with two attached hydrogens (primary N) is 3. The number of fused-ring (bicyclic) bond motifs is 1. The van der Waals surface area contributed by atoms with Crippen LogP contribution in [0.5, 0.6) is 0 Å². The zero-order chi connectivity index (χ0) is 54.6. The minimum atomic E-state index is -1.45. The lowest BCUT2D eigenvalue weighted by Crippen LogP contribution is -2.58. The molecule has 0 saturated carbocycles. The van der Waals surface area contributed by atoms with Gasteiger partial charge in [0, 0.05) is 99.4 Å². The van der Waals surface area contributed by atoms with E-state index in [0.29, 0.717) is 22.4 Å². The van der Waals surface area contributed by atoms with Gasteiger partial charge in [0.15, 0.2) is 11.7 Å². The van der Waals surface area contributed by atoms with Crippen LogP contribution in [-0.2, 0) is 68.8 Å². The van der Waals surface area contributed by atoms with Gasteiger partial charge in [-0.05, 0) is 54.9 Å². The molecule has 5 aromatic rings. The van der Waals surface area contributed by atoms with Crippen molar-refractivity contribution < 1.29 is 43.2 Å². The Labute approximate surface area is 439 Å². The van der Waals surface area contributed by atoms with Crippen LogP contribution in [0.2, 0.25) is 0 Å². The summed E-state index contributed by atoms with van der Waals surface area (Å²) in [6.45, 7) is 1.21. The van der Waals surface area contributed by atoms with Gasteiger partial charge in [-0.1, -0.05) is 78.9 Å². The number of nitrogens with one attached hydrogen (secondary N) is 8. The van der Waals surface area contributed by atoms with Crippen LogP contribution >= 0.6 is 0 Å². The molecule has 1 fully saturated rings. The van der Waals surface area contributed by atoms with Crippen LogP contribution in [0.4, 0.5) is 0 Å². The molecule has 402 valence electrons. The number of primary amides is 1. The van der Waals surface area contributed by atoms with Gasteiger partial charge in [0.1, 0.15) is 30.0 Å². The normalized spacial score (nSPS) is 20.0.